The van der Waals surface area contributed by atoms with Gasteiger partial charge in [-0.1, -0.05) is 37.1 Å². The normalized spacial score (nSPS) is 19.6. The lowest BCUT2D eigenvalue weighted by molar-refractivity contribution is -0.137. The monoisotopic (exact) mass is 447 g/mol. The zero-order valence-electron chi connectivity index (χ0n) is 17.5. The Labute approximate surface area is 185 Å². The lowest BCUT2D eigenvalue weighted by Crippen LogP contribution is -2.43. The Balaban J connectivity index is 1.47. The zero-order valence-corrected chi connectivity index (χ0v) is 18.3. The van der Waals surface area contributed by atoms with Crippen LogP contribution in [0.4, 0.5) is 24.5 Å². The van der Waals surface area contributed by atoms with E-state index in [-0.39, 0.29) is 6.04 Å². The van der Waals surface area contributed by atoms with Crippen LogP contribution in [-0.4, -0.2) is 32.2 Å². The Kier molecular flexibility index (Phi) is 5.82. The molecule has 2 fully saturated rings. The van der Waals surface area contributed by atoms with Crippen LogP contribution in [0.15, 0.2) is 40.1 Å². The van der Waals surface area contributed by atoms with Gasteiger partial charge in [0.05, 0.1) is 5.56 Å². The highest BCUT2D eigenvalue weighted by Gasteiger charge is 2.34. The van der Waals surface area contributed by atoms with E-state index in [0.29, 0.717) is 12.1 Å². The van der Waals surface area contributed by atoms with Gasteiger partial charge in [0, 0.05) is 59.8 Å². The van der Waals surface area contributed by atoms with Gasteiger partial charge in [-0.25, -0.2) is 0 Å². The number of nitrogens with one attached hydrogen (secondary N) is 2. The van der Waals surface area contributed by atoms with Crippen LogP contribution in [0.3, 0.4) is 0 Å². The molecule has 5 rings (SSSR count). The van der Waals surface area contributed by atoms with E-state index in [0.717, 1.165) is 72.9 Å². The summed E-state index contributed by atoms with van der Waals surface area (Å²) in [5.74, 6) is 0. The van der Waals surface area contributed by atoms with E-state index in [2.05, 4.69) is 33.7 Å². The molecule has 166 valence electrons. The third-order valence-electron chi connectivity index (χ3n) is 6.62. The van der Waals surface area contributed by atoms with Gasteiger partial charge < -0.3 is 15.5 Å². The van der Waals surface area contributed by atoms with Gasteiger partial charge in [0.1, 0.15) is 0 Å². The highest BCUT2D eigenvalue weighted by Crippen LogP contribution is 2.46. The van der Waals surface area contributed by atoms with Gasteiger partial charge in [-0.2, -0.15) is 13.2 Å². The Morgan fingerprint density at radius 2 is 1.74 bits per heavy atom. The number of nitrogens with zero attached hydrogens (tertiary/aromatic N) is 1. The molecule has 0 spiro atoms. The first-order valence-electron chi connectivity index (χ1n) is 11.2. The zero-order chi connectivity index (χ0) is 21.4. The van der Waals surface area contributed by atoms with Gasteiger partial charge in [0.2, 0.25) is 0 Å². The van der Waals surface area contributed by atoms with Gasteiger partial charge in [0.15, 0.2) is 0 Å². The highest BCUT2D eigenvalue weighted by molar-refractivity contribution is 7.99. The van der Waals surface area contributed by atoms with Crippen LogP contribution in [0.5, 0.6) is 0 Å². The minimum absolute atomic E-state index is 0.266. The summed E-state index contributed by atoms with van der Waals surface area (Å²) >= 11 is 1.48. The molecule has 1 saturated carbocycles. The maximum Gasteiger partial charge on any atom is 0.416 e. The van der Waals surface area contributed by atoms with E-state index >= 15 is 0 Å². The molecule has 0 aromatic heterocycles. The van der Waals surface area contributed by atoms with Crippen LogP contribution in [0.1, 0.15) is 48.8 Å². The molecule has 0 radical (unpaired) electrons. The number of benzene rings is 2. The molecule has 1 saturated heterocycles. The first-order valence-corrected chi connectivity index (χ1v) is 12.1. The quantitative estimate of drug-likeness (QED) is 0.522. The van der Waals surface area contributed by atoms with Crippen molar-refractivity contribution in [3.05, 3.63) is 47.0 Å². The molecule has 2 aromatic rings. The number of alkyl halides is 3. The molecule has 0 unspecified atom stereocenters. The molecule has 2 aliphatic heterocycles. The maximum atomic E-state index is 13.7. The molecule has 2 aromatic carbocycles. The number of hydrogen-bond acceptors (Lipinski definition) is 4. The molecule has 0 amide bonds. The van der Waals surface area contributed by atoms with Crippen molar-refractivity contribution in [3.63, 3.8) is 0 Å². The van der Waals surface area contributed by atoms with Crippen molar-refractivity contribution in [2.45, 2.75) is 60.5 Å². The van der Waals surface area contributed by atoms with Crippen molar-refractivity contribution in [1.82, 2.24) is 5.32 Å². The molecule has 3 nitrogen and oxygen atoms in total. The van der Waals surface area contributed by atoms with E-state index in [1.807, 2.05) is 0 Å². The summed E-state index contributed by atoms with van der Waals surface area (Å²) in [7, 11) is 0. The lowest BCUT2D eigenvalue weighted by Gasteiger charge is -2.31. The number of halogens is 3. The largest absolute Gasteiger partial charge is 0.416 e. The molecular weight excluding hydrogens is 419 g/mol. The summed E-state index contributed by atoms with van der Waals surface area (Å²) in [6, 6.07) is 9.41. The molecule has 7 heteroatoms. The highest BCUT2D eigenvalue weighted by atomic mass is 32.2. The Morgan fingerprint density at radius 1 is 0.968 bits per heavy atom. The standard InChI is InChI=1S/C24H28F3N3S/c25-24(26,27)17-13-21(29-18-4-2-1-3-5-18)20-12-16-6-7-19(30-10-8-28-9-11-30)15-22(16)31-23(20)14-17/h6-7,13-15,18,28-29H,1-5,8-12H2. The molecule has 3 aliphatic rings. The smallest absolute Gasteiger partial charge is 0.382 e. The number of piperazine rings is 1. The minimum atomic E-state index is -4.35. The molecular formula is C24H28F3N3S. The molecule has 1 aliphatic carbocycles. The van der Waals surface area contributed by atoms with Crippen molar-refractivity contribution in [2.75, 3.05) is 36.4 Å². The van der Waals surface area contributed by atoms with Crippen LogP contribution in [0.2, 0.25) is 0 Å². The number of rotatable bonds is 3. The van der Waals surface area contributed by atoms with Gasteiger partial charge in [-0.15, -0.1) is 0 Å². The van der Waals surface area contributed by atoms with Crippen LogP contribution in [0, 0.1) is 0 Å². The van der Waals surface area contributed by atoms with E-state index in [1.54, 1.807) is 0 Å². The maximum absolute atomic E-state index is 13.7. The van der Waals surface area contributed by atoms with Gasteiger partial charge >= 0.3 is 6.18 Å². The molecule has 31 heavy (non-hydrogen) atoms. The van der Waals surface area contributed by atoms with Gasteiger partial charge in [-0.05, 0) is 48.2 Å². The van der Waals surface area contributed by atoms with Crippen LogP contribution < -0.4 is 15.5 Å². The molecule has 2 N–H and O–H groups in total. The molecule has 2 heterocycles. The third kappa shape index (κ3) is 4.53. The van der Waals surface area contributed by atoms with E-state index in [9.17, 15) is 13.2 Å². The summed E-state index contributed by atoms with van der Waals surface area (Å²) in [6.45, 7) is 3.82. The summed E-state index contributed by atoms with van der Waals surface area (Å²) in [6.07, 6.45) is 1.90. The fourth-order valence-corrected chi connectivity index (χ4v) is 6.07. The van der Waals surface area contributed by atoms with Crippen LogP contribution in [0.25, 0.3) is 0 Å². The van der Waals surface area contributed by atoms with Gasteiger partial charge in [-0.3, -0.25) is 0 Å². The van der Waals surface area contributed by atoms with Crippen molar-refractivity contribution in [1.29, 1.82) is 0 Å². The topological polar surface area (TPSA) is 27.3 Å². The van der Waals surface area contributed by atoms with Crippen LogP contribution in [-0.2, 0) is 12.6 Å². The molecule has 0 atom stereocenters. The second kappa shape index (κ2) is 8.58. The first-order chi connectivity index (χ1) is 15.0. The van der Waals surface area contributed by atoms with Crippen molar-refractivity contribution >= 4 is 23.1 Å². The minimum Gasteiger partial charge on any atom is -0.382 e. The number of fused-ring (bicyclic) bond motifs is 2. The fourth-order valence-electron chi connectivity index (χ4n) is 4.89. The molecule has 0 bridgehead atoms. The van der Waals surface area contributed by atoms with E-state index in [4.69, 9.17) is 0 Å². The van der Waals surface area contributed by atoms with Crippen molar-refractivity contribution in [3.8, 4) is 0 Å². The fraction of sp³-hybridized carbons (Fsp3) is 0.500. The predicted molar refractivity (Wildman–Crippen MR) is 120 cm³/mol. The first kappa shape index (κ1) is 21.0. The Morgan fingerprint density at radius 3 is 2.48 bits per heavy atom. The SMILES string of the molecule is FC(F)(F)c1cc(NC2CCCCC2)c2c(c1)Sc1cc(N3CCNCC3)ccc1C2. The van der Waals surface area contributed by atoms with Crippen molar-refractivity contribution < 1.29 is 13.2 Å². The summed E-state index contributed by atoms with van der Waals surface area (Å²) in [5, 5.41) is 6.85. The average Bonchev–Trinajstić information content (AvgIpc) is 2.78. The average molecular weight is 448 g/mol. The lowest BCUT2D eigenvalue weighted by atomic mass is 9.94. The Bertz CT molecular complexity index is 948. The third-order valence-corrected chi connectivity index (χ3v) is 7.81. The van der Waals surface area contributed by atoms with E-state index < -0.39 is 11.7 Å². The second-order valence-corrected chi connectivity index (χ2v) is 9.87. The van der Waals surface area contributed by atoms with Crippen molar-refractivity contribution in [2.24, 2.45) is 0 Å². The van der Waals surface area contributed by atoms with E-state index in [1.165, 1.54) is 35.9 Å². The summed E-state index contributed by atoms with van der Waals surface area (Å²) < 4.78 is 41.0. The number of anilines is 2. The predicted octanol–water partition coefficient (Wildman–Crippen LogP) is 5.92. The summed E-state index contributed by atoms with van der Waals surface area (Å²) in [4.78, 5) is 4.15. The van der Waals surface area contributed by atoms with Crippen LogP contribution >= 0.6 is 11.8 Å². The summed E-state index contributed by atoms with van der Waals surface area (Å²) in [5.41, 5.74) is 3.47. The van der Waals surface area contributed by atoms with Gasteiger partial charge in [0.25, 0.3) is 0 Å². The Hall–Kier alpha value is -1.86. The number of hydrogen-bond donors (Lipinski definition) is 2. The second-order valence-electron chi connectivity index (χ2n) is 8.79.